The number of aliphatic hydroxyl groups excluding tert-OH is 1. The van der Waals surface area contributed by atoms with Gasteiger partial charge in [-0.05, 0) is 50.5 Å². The molecule has 2 rings (SSSR count). The maximum Gasteiger partial charge on any atom is 0.177 e. The van der Waals surface area contributed by atoms with E-state index in [-0.39, 0.29) is 6.61 Å². The second-order valence-electron chi connectivity index (χ2n) is 5.98. The van der Waals surface area contributed by atoms with Crippen molar-refractivity contribution in [3.05, 3.63) is 53.5 Å². The fraction of sp³-hybridized carbons (Fsp3) is 0.368. The average molecular weight is 313 g/mol. The van der Waals surface area contributed by atoms with Crippen LogP contribution in [0, 0.1) is 18.8 Å². The van der Waals surface area contributed by atoms with Gasteiger partial charge in [0.15, 0.2) is 5.76 Å². The van der Waals surface area contributed by atoms with Gasteiger partial charge in [-0.1, -0.05) is 23.6 Å². The lowest BCUT2D eigenvalue weighted by atomic mass is 9.98. The van der Waals surface area contributed by atoms with Gasteiger partial charge in [-0.2, -0.15) is 0 Å². The molecule has 0 amide bonds. The Bertz CT molecular complexity index is 675. The monoisotopic (exact) mass is 313 g/mol. The molecule has 4 heteroatoms. The summed E-state index contributed by atoms with van der Waals surface area (Å²) in [5.41, 5.74) is 6.51. The molecule has 0 aliphatic carbocycles. The molecule has 0 bridgehead atoms. The molecule has 0 saturated heterocycles. The van der Waals surface area contributed by atoms with Gasteiger partial charge in [-0.3, -0.25) is 0 Å². The zero-order valence-corrected chi connectivity index (χ0v) is 13.6. The number of hydrogen-bond acceptors (Lipinski definition) is 4. The van der Waals surface area contributed by atoms with Gasteiger partial charge in [-0.15, -0.1) is 0 Å². The summed E-state index contributed by atoms with van der Waals surface area (Å²) in [6.07, 6.45) is 1.33. The number of ether oxygens (including phenoxy) is 1. The van der Waals surface area contributed by atoms with Gasteiger partial charge >= 0.3 is 0 Å². The van der Waals surface area contributed by atoms with E-state index in [0.29, 0.717) is 25.2 Å². The van der Waals surface area contributed by atoms with E-state index in [0.717, 1.165) is 11.5 Å². The molecule has 1 atom stereocenters. The Hall–Kier alpha value is -2.22. The maximum absolute atomic E-state index is 9.14. The Balaban J connectivity index is 1.81. The molecular formula is C19H23NO3. The summed E-state index contributed by atoms with van der Waals surface area (Å²) in [7, 11) is 0. The molecule has 1 aromatic carbocycles. The van der Waals surface area contributed by atoms with Crippen molar-refractivity contribution in [2.75, 3.05) is 13.2 Å². The highest BCUT2D eigenvalue weighted by Crippen LogP contribution is 2.14. The van der Waals surface area contributed by atoms with E-state index >= 15 is 0 Å². The van der Waals surface area contributed by atoms with Crippen LogP contribution in [0.4, 0.5) is 0 Å². The summed E-state index contributed by atoms with van der Waals surface area (Å²) in [5.74, 6) is 8.09. The van der Waals surface area contributed by atoms with Crippen LogP contribution in [0.3, 0.4) is 0 Å². The third-order valence-electron chi connectivity index (χ3n) is 3.51. The van der Waals surface area contributed by atoms with Gasteiger partial charge in [0, 0.05) is 12.0 Å². The number of hydrogen-bond donors (Lipinski definition) is 2. The summed E-state index contributed by atoms with van der Waals surface area (Å²) in [6.45, 7) is 4.12. The van der Waals surface area contributed by atoms with Gasteiger partial charge in [0.05, 0.1) is 6.61 Å². The molecule has 23 heavy (non-hydrogen) atoms. The molecule has 0 aliphatic rings. The smallest absolute Gasteiger partial charge is 0.177 e. The highest BCUT2D eigenvalue weighted by molar-refractivity contribution is 5.29. The molecule has 2 aromatic rings. The standard InChI is InChI=1S/C19H23NO3/c1-15-5-7-16(8-6-15)22-13-3-4-17-9-10-18(23-17)11-12-19(2,20)14-21/h5-10,21H,11-14,20H2,1-2H3/t19-/m1/s1. The lowest BCUT2D eigenvalue weighted by Crippen LogP contribution is -2.40. The fourth-order valence-corrected chi connectivity index (χ4v) is 1.94. The molecule has 3 N–H and O–H groups in total. The minimum absolute atomic E-state index is 0.0449. The van der Waals surface area contributed by atoms with Crippen molar-refractivity contribution in [3.8, 4) is 17.6 Å². The highest BCUT2D eigenvalue weighted by Gasteiger charge is 2.17. The first-order valence-corrected chi connectivity index (χ1v) is 7.65. The van der Waals surface area contributed by atoms with Crippen molar-refractivity contribution in [2.24, 2.45) is 5.73 Å². The minimum atomic E-state index is -0.583. The Kier molecular flexibility index (Phi) is 5.86. The van der Waals surface area contributed by atoms with E-state index in [4.69, 9.17) is 20.0 Å². The number of aliphatic hydroxyl groups is 1. The summed E-state index contributed by atoms with van der Waals surface area (Å²) in [4.78, 5) is 0. The van der Waals surface area contributed by atoms with Crippen molar-refractivity contribution in [2.45, 2.75) is 32.2 Å². The Morgan fingerprint density at radius 2 is 1.96 bits per heavy atom. The van der Waals surface area contributed by atoms with Crippen LogP contribution in [0.5, 0.6) is 5.75 Å². The Morgan fingerprint density at radius 1 is 1.22 bits per heavy atom. The quantitative estimate of drug-likeness (QED) is 0.805. The van der Waals surface area contributed by atoms with E-state index in [1.807, 2.05) is 50.2 Å². The van der Waals surface area contributed by atoms with Crippen LogP contribution in [-0.4, -0.2) is 23.9 Å². The van der Waals surface area contributed by atoms with E-state index in [1.54, 1.807) is 0 Å². The van der Waals surface area contributed by atoms with Crippen molar-refractivity contribution in [1.82, 2.24) is 0 Å². The maximum atomic E-state index is 9.14. The number of aryl methyl sites for hydroxylation is 2. The molecule has 0 saturated carbocycles. The predicted molar refractivity (Wildman–Crippen MR) is 90.3 cm³/mol. The van der Waals surface area contributed by atoms with E-state index in [9.17, 15) is 0 Å². The molecule has 0 aliphatic heterocycles. The molecule has 0 unspecified atom stereocenters. The first-order chi connectivity index (χ1) is 11.0. The van der Waals surface area contributed by atoms with Crippen molar-refractivity contribution in [3.63, 3.8) is 0 Å². The largest absolute Gasteiger partial charge is 0.481 e. The average Bonchev–Trinajstić information content (AvgIpc) is 2.99. The van der Waals surface area contributed by atoms with Crippen LogP contribution in [0.25, 0.3) is 0 Å². The van der Waals surface area contributed by atoms with E-state index < -0.39 is 5.54 Å². The third-order valence-corrected chi connectivity index (χ3v) is 3.51. The first kappa shape index (κ1) is 17.1. The molecule has 1 aromatic heterocycles. The number of rotatable bonds is 6. The fourth-order valence-electron chi connectivity index (χ4n) is 1.94. The van der Waals surface area contributed by atoms with Gasteiger partial charge < -0.3 is 20.0 Å². The number of furan rings is 1. The van der Waals surface area contributed by atoms with Crippen LogP contribution < -0.4 is 10.5 Å². The third kappa shape index (κ3) is 5.82. The number of nitrogens with two attached hydrogens (primary N) is 1. The molecule has 4 nitrogen and oxygen atoms in total. The Labute approximate surface area is 137 Å². The second-order valence-corrected chi connectivity index (χ2v) is 5.98. The number of benzene rings is 1. The summed E-state index contributed by atoms with van der Waals surface area (Å²) in [6, 6.07) is 11.6. The van der Waals surface area contributed by atoms with Crippen LogP contribution >= 0.6 is 0 Å². The van der Waals surface area contributed by atoms with Gasteiger partial charge in [0.2, 0.25) is 0 Å². The van der Waals surface area contributed by atoms with Crippen LogP contribution in [0.15, 0.2) is 40.8 Å². The molecule has 122 valence electrons. The second kappa shape index (κ2) is 7.87. The molecule has 1 heterocycles. The molecule has 0 spiro atoms. The minimum Gasteiger partial charge on any atom is -0.481 e. The molecular weight excluding hydrogens is 290 g/mol. The highest BCUT2D eigenvalue weighted by atomic mass is 16.5. The Morgan fingerprint density at radius 3 is 2.65 bits per heavy atom. The normalized spacial score (nSPS) is 13.0. The molecule has 0 radical (unpaired) electrons. The predicted octanol–water partition coefficient (Wildman–Crippen LogP) is 2.66. The SMILES string of the molecule is Cc1ccc(OCC#Cc2ccc(CC[C@@](C)(N)CO)o2)cc1. The van der Waals surface area contributed by atoms with E-state index in [1.165, 1.54) is 5.56 Å². The zero-order valence-electron chi connectivity index (χ0n) is 13.6. The first-order valence-electron chi connectivity index (χ1n) is 7.65. The molecule has 0 fully saturated rings. The zero-order chi connectivity index (χ0) is 16.7. The van der Waals surface area contributed by atoms with Gasteiger partial charge in [0.25, 0.3) is 0 Å². The van der Waals surface area contributed by atoms with Crippen LogP contribution in [0.1, 0.15) is 30.4 Å². The summed E-state index contributed by atoms with van der Waals surface area (Å²) in [5, 5.41) is 9.14. The lowest BCUT2D eigenvalue weighted by Gasteiger charge is -2.20. The van der Waals surface area contributed by atoms with Crippen molar-refractivity contribution >= 4 is 0 Å². The van der Waals surface area contributed by atoms with Gasteiger partial charge in [-0.25, -0.2) is 0 Å². The lowest BCUT2D eigenvalue weighted by molar-refractivity contribution is 0.199. The van der Waals surface area contributed by atoms with E-state index in [2.05, 4.69) is 11.8 Å². The topological polar surface area (TPSA) is 68.6 Å². The van der Waals surface area contributed by atoms with Crippen molar-refractivity contribution < 1.29 is 14.3 Å². The van der Waals surface area contributed by atoms with Crippen LogP contribution in [0.2, 0.25) is 0 Å². The van der Waals surface area contributed by atoms with Gasteiger partial charge in [0.1, 0.15) is 18.1 Å². The van der Waals surface area contributed by atoms with Crippen LogP contribution in [-0.2, 0) is 6.42 Å². The summed E-state index contributed by atoms with van der Waals surface area (Å²) >= 11 is 0. The summed E-state index contributed by atoms with van der Waals surface area (Å²) < 4.78 is 11.2. The van der Waals surface area contributed by atoms with Crippen molar-refractivity contribution in [1.29, 1.82) is 0 Å².